The number of imidazole rings is 1. The molecule has 2 N–H and O–H groups in total. The Kier molecular flexibility index (Phi) is 7.63. The van der Waals surface area contributed by atoms with E-state index in [1.54, 1.807) is 18.3 Å². The van der Waals surface area contributed by atoms with Gasteiger partial charge in [0.15, 0.2) is 0 Å². The van der Waals surface area contributed by atoms with Gasteiger partial charge in [-0.05, 0) is 81.2 Å². The maximum absolute atomic E-state index is 13.7. The number of benzene rings is 2. The molecule has 2 aromatic carbocycles. The monoisotopic (exact) mass is 598 g/mol. The van der Waals surface area contributed by atoms with Gasteiger partial charge < -0.3 is 24.7 Å². The van der Waals surface area contributed by atoms with Gasteiger partial charge in [0.25, 0.3) is 0 Å². The Morgan fingerprint density at radius 1 is 1.00 bits per heavy atom. The third kappa shape index (κ3) is 5.41. The largest absolute Gasteiger partial charge is 0.368 e. The zero-order valence-electron chi connectivity index (χ0n) is 24.4. The minimum atomic E-state index is -0.274. The van der Waals surface area contributed by atoms with Crippen molar-refractivity contribution >= 4 is 28.5 Å². The number of nitrogen functional groups attached to an aromatic ring is 1. The number of nitrogens with zero attached hydrogens (tertiary/aromatic N) is 7. The van der Waals surface area contributed by atoms with Crippen LogP contribution >= 0.6 is 11.6 Å². The fourth-order valence-corrected chi connectivity index (χ4v) is 7.20. The van der Waals surface area contributed by atoms with Crippen molar-refractivity contribution in [2.75, 3.05) is 39.0 Å². The Hall–Kier alpha value is -3.79. The number of fused-ring (bicyclic) bond motifs is 3. The van der Waals surface area contributed by atoms with Crippen molar-refractivity contribution in [1.82, 2.24) is 33.9 Å². The minimum absolute atomic E-state index is 0.217. The van der Waals surface area contributed by atoms with Gasteiger partial charge in [0, 0.05) is 61.6 Å². The van der Waals surface area contributed by atoms with Crippen molar-refractivity contribution in [1.29, 1.82) is 0 Å². The predicted octanol–water partition coefficient (Wildman–Crippen LogP) is 6.05. The molecule has 2 aliphatic rings. The zero-order chi connectivity index (χ0) is 29.5. The molecule has 0 aliphatic carbocycles. The third-order valence-corrected chi connectivity index (χ3v) is 9.36. The molecule has 0 atom stereocenters. The summed E-state index contributed by atoms with van der Waals surface area (Å²) in [7, 11) is 2.20. The standard InChI is InChI=1S/C33H36ClFN8/c1-40-17-13-25-26-4-2-5-27(34)31(26)42(29(25)20-40)16-3-15-41-18-11-24(12-19-41)43-21-38-30(22-6-8-23(35)9-7-22)32(43)28-10-14-37-33(36)39-28/h2,4-10,14,21,24H,3,11-13,15-20H2,1H3,(H2,36,37,39). The molecule has 0 bridgehead atoms. The number of likely N-dealkylation sites (tertiary alicyclic amines) is 1. The molecular formula is C33H36ClFN8. The fraction of sp³-hybridized carbons (Fsp3) is 0.364. The molecule has 1 saturated heterocycles. The van der Waals surface area contributed by atoms with Gasteiger partial charge in [-0.2, -0.15) is 0 Å². The summed E-state index contributed by atoms with van der Waals surface area (Å²) in [5, 5.41) is 2.16. The van der Waals surface area contributed by atoms with E-state index in [9.17, 15) is 4.39 Å². The minimum Gasteiger partial charge on any atom is -0.368 e. The van der Waals surface area contributed by atoms with Crippen LogP contribution in [0.15, 0.2) is 61.1 Å². The molecule has 5 aromatic rings. The number of para-hydroxylation sites is 1. The van der Waals surface area contributed by atoms with Gasteiger partial charge in [0.05, 0.1) is 33.9 Å². The van der Waals surface area contributed by atoms with Gasteiger partial charge in [-0.3, -0.25) is 0 Å². The number of anilines is 1. The highest BCUT2D eigenvalue weighted by Crippen LogP contribution is 2.37. The van der Waals surface area contributed by atoms with E-state index in [2.05, 4.69) is 48.1 Å². The Balaban J connectivity index is 1.06. The lowest BCUT2D eigenvalue weighted by Crippen LogP contribution is -2.35. The lowest BCUT2D eigenvalue weighted by molar-refractivity contribution is 0.183. The molecule has 0 amide bonds. The van der Waals surface area contributed by atoms with E-state index in [4.69, 9.17) is 22.3 Å². The summed E-state index contributed by atoms with van der Waals surface area (Å²) in [6, 6.07) is 14.9. The third-order valence-electron chi connectivity index (χ3n) is 9.05. The van der Waals surface area contributed by atoms with Crippen molar-refractivity contribution in [3.8, 4) is 22.6 Å². The Labute approximate surface area is 255 Å². The van der Waals surface area contributed by atoms with Crippen molar-refractivity contribution in [3.05, 3.63) is 83.2 Å². The van der Waals surface area contributed by atoms with Gasteiger partial charge in [0.1, 0.15) is 5.82 Å². The molecule has 0 saturated carbocycles. The molecule has 7 rings (SSSR count). The number of piperidine rings is 1. The first-order valence-electron chi connectivity index (χ1n) is 15.1. The predicted molar refractivity (Wildman–Crippen MR) is 169 cm³/mol. The molecule has 3 aromatic heterocycles. The summed E-state index contributed by atoms with van der Waals surface area (Å²) in [4.78, 5) is 18.4. The first-order valence-corrected chi connectivity index (χ1v) is 15.4. The number of aromatic nitrogens is 5. The van der Waals surface area contributed by atoms with Crippen molar-refractivity contribution in [2.45, 2.75) is 44.8 Å². The highest BCUT2D eigenvalue weighted by Gasteiger charge is 2.27. The van der Waals surface area contributed by atoms with Crippen molar-refractivity contribution in [2.24, 2.45) is 0 Å². The summed E-state index contributed by atoms with van der Waals surface area (Å²) in [6.07, 6.45) is 7.72. The Bertz CT molecular complexity index is 1750. The van der Waals surface area contributed by atoms with Crippen LogP contribution < -0.4 is 5.73 Å². The van der Waals surface area contributed by atoms with Crippen LogP contribution in [-0.4, -0.2) is 67.1 Å². The first kappa shape index (κ1) is 28.0. The summed E-state index contributed by atoms with van der Waals surface area (Å²) in [5.74, 6) is -0.0570. The second-order valence-corrected chi connectivity index (χ2v) is 12.2. The number of hydrogen-bond donors (Lipinski definition) is 1. The molecule has 8 nitrogen and oxygen atoms in total. The van der Waals surface area contributed by atoms with Gasteiger partial charge in [0.2, 0.25) is 5.95 Å². The topological polar surface area (TPSA) is 81.0 Å². The molecule has 5 heterocycles. The van der Waals surface area contributed by atoms with Gasteiger partial charge in [-0.25, -0.2) is 19.3 Å². The molecule has 222 valence electrons. The molecule has 2 aliphatic heterocycles. The quantitative estimate of drug-likeness (QED) is 0.246. The second-order valence-electron chi connectivity index (χ2n) is 11.8. The maximum Gasteiger partial charge on any atom is 0.220 e. The number of aryl methyl sites for hydroxylation is 1. The summed E-state index contributed by atoms with van der Waals surface area (Å²) in [6.45, 7) is 6.08. The summed E-state index contributed by atoms with van der Waals surface area (Å²) < 4.78 is 18.4. The summed E-state index contributed by atoms with van der Waals surface area (Å²) >= 11 is 6.75. The van der Waals surface area contributed by atoms with Crippen LogP contribution in [0.2, 0.25) is 5.02 Å². The van der Waals surface area contributed by atoms with E-state index in [1.807, 2.05) is 18.5 Å². The highest BCUT2D eigenvalue weighted by atomic mass is 35.5. The normalized spacial score (nSPS) is 16.6. The highest BCUT2D eigenvalue weighted by molar-refractivity contribution is 6.35. The molecule has 43 heavy (non-hydrogen) atoms. The van der Waals surface area contributed by atoms with E-state index in [1.165, 1.54) is 34.3 Å². The lowest BCUT2D eigenvalue weighted by atomic mass is 10.0. The van der Waals surface area contributed by atoms with E-state index < -0.39 is 0 Å². The molecule has 10 heteroatoms. The Morgan fingerprint density at radius 3 is 2.60 bits per heavy atom. The van der Waals surface area contributed by atoms with Crippen LogP contribution in [0.1, 0.15) is 36.6 Å². The zero-order valence-corrected chi connectivity index (χ0v) is 25.1. The number of likely N-dealkylation sites (N-methyl/N-ethyl adjacent to an activating group) is 1. The number of nitrogens with two attached hydrogens (primary N) is 1. The lowest BCUT2D eigenvalue weighted by Gasteiger charge is -2.33. The molecular weight excluding hydrogens is 563 g/mol. The van der Waals surface area contributed by atoms with Gasteiger partial charge in [-0.1, -0.05) is 23.7 Å². The van der Waals surface area contributed by atoms with Gasteiger partial charge in [-0.15, -0.1) is 0 Å². The van der Waals surface area contributed by atoms with Crippen LogP contribution in [0, 0.1) is 5.82 Å². The first-order chi connectivity index (χ1) is 21.0. The van der Waals surface area contributed by atoms with E-state index in [0.29, 0.717) is 0 Å². The molecule has 0 spiro atoms. The molecule has 0 radical (unpaired) electrons. The molecule has 1 fully saturated rings. The van der Waals surface area contributed by atoms with Crippen LogP contribution in [0.5, 0.6) is 0 Å². The van der Waals surface area contributed by atoms with Crippen LogP contribution in [0.3, 0.4) is 0 Å². The fourth-order valence-electron chi connectivity index (χ4n) is 6.92. The summed E-state index contributed by atoms with van der Waals surface area (Å²) in [5.41, 5.74) is 13.3. The van der Waals surface area contributed by atoms with Crippen LogP contribution in [-0.2, 0) is 19.5 Å². The average molecular weight is 599 g/mol. The second kappa shape index (κ2) is 11.7. The SMILES string of the molecule is CN1CCc2c(n(CCCN3CCC(n4cnc(-c5ccc(F)cc5)c4-c4ccnc(N)n4)CC3)c3c(Cl)cccc23)C1. The Morgan fingerprint density at radius 2 is 1.81 bits per heavy atom. The van der Waals surface area contributed by atoms with Crippen LogP contribution in [0.25, 0.3) is 33.5 Å². The molecule has 0 unspecified atom stereocenters. The van der Waals surface area contributed by atoms with Crippen LogP contribution in [0.4, 0.5) is 10.3 Å². The van der Waals surface area contributed by atoms with Gasteiger partial charge >= 0.3 is 0 Å². The number of hydrogen-bond acceptors (Lipinski definition) is 6. The maximum atomic E-state index is 13.7. The number of rotatable bonds is 7. The van der Waals surface area contributed by atoms with E-state index in [-0.39, 0.29) is 17.8 Å². The van der Waals surface area contributed by atoms with E-state index in [0.717, 1.165) is 92.6 Å². The smallest absolute Gasteiger partial charge is 0.220 e. The average Bonchev–Trinajstić information content (AvgIpc) is 3.58. The van der Waals surface area contributed by atoms with Crippen molar-refractivity contribution < 1.29 is 4.39 Å². The van der Waals surface area contributed by atoms with E-state index >= 15 is 0 Å². The van der Waals surface area contributed by atoms with Crippen molar-refractivity contribution in [3.63, 3.8) is 0 Å². The number of halogens is 2.